The average molecular weight is 306 g/mol. The summed E-state index contributed by atoms with van der Waals surface area (Å²) in [6.07, 6.45) is 1.49. The molecule has 2 aliphatic rings. The summed E-state index contributed by atoms with van der Waals surface area (Å²) in [6, 6.07) is 3.80. The predicted octanol–water partition coefficient (Wildman–Crippen LogP) is 1.33. The Balaban J connectivity index is 1.91. The maximum absolute atomic E-state index is 13.3. The van der Waals surface area contributed by atoms with Crippen molar-refractivity contribution in [2.45, 2.75) is 31.2 Å². The van der Waals surface area contributed by atoms with Crippen LogP contribution in [0, 0.1) is 5.82 Å². The molecule has 1 saturated carbocycles. The van der Waals surface area contributed by atoms with Gasteiger partial charge in [0.1, 0.15) is 12.4 Å². The number of hydrogen-bond donors (Lipinski definition) is 2. The first-order valence-electron chi connectivity index (χ1n) is 7.07. The van der Waals surface area contributed by atoms with Crippen LogP contribution in [-0.2, 0) is 14.4 Å². The summed E-state index contributed by atoms with van der Waals surface area (Å²) in [4.78, 5) is 36.7. The van der Waals surface area contributed by atoms with Crippen LogP contribution in [0.25, 0.3) is 0 Å². The van der Waals surface area contributed by atoms with Crippen LogP contribution in [0.15, 0.2) is 18.2 Å². The van der Waals surface area contributed by atoms with Crippen molar-refractivity contribution in [3.05, 3.63) is 29.6 Å². The molecule has 1 fully saturated rings. The van der Waals surface area contributed by atoms with Crippen molar-refractivity contribution in [1.29, 1.82) is 0 Å². The topological polar surface area (TPSA) is 86.7 Å². The van der Waals surface area contributed by atoms with E-state index in [9.17, 15) is 18.8 Å². The highest BCUT2D eigenvalue weighted by Crippen LogP contribution is 2.36. The number of hydrogen-bond acceptors (Lipinski definition) is 3. The zero-order valence-corrected chi connectivity index (χ0v) is 11.7. The van der Waals surface area contributed by atoms with E-state index in [2.05, 4.69) is 5.32 Å². The summed E-state index contributed by atoms with van der Waals surface area (Å²) >= 11 is 0. The Labute approximate surface area is 125 Å². The molecule has 0 radical (unpaired) electrons. The summed E-state index contributed by atoms with van der Waals surface area (Å²) < 4.78 is 13.3. The molecule has 1 aliphatic heterocycles. The Bertz CT molecular complexity index is 657. The zero-order chi connectivity index (χ0) is 15.9. The Morgan fingerprint density at radius 2 is 2.09 bits per heavy atom. The Morgan fingerprint density at radius 3 is 2.73 bits per heavy atom. The van der Waals surface area contributed by atoms with Gasteiger partial charge in [-0.25, -0.2) is 4.39 Å². The van der Waals surface area contributed by atoms with Gasteiger partial charge in [-0.2, -0.15) is 0 Å². The zero-order valence-electron chi connectivity index (χ0n) is 11.7. The second-order valence-corrected chi connectivity index (χ2v) is 5.63. The van der Waals surface area contributed by atoms with Crippen LogP contribution in [0.5, 0.6) is 0 Å². The second kappa shape index (κ2) is 5.40. The van der Waals surface area contributed by atoms with Gasteiger partial charge in [0.15, 0.2) is 0 Å². The fourth-order valence-electron chi connectivity index (χ4n) is 2.78. The maximum Gasteiger partial charge on any atom is 0.323 e. The van der Waals surface area contributed by atoms with Gasteiger partial charge in [0.05, 0.1) is 5.92 Å². The summed E-state index contributed by atoms with van der Waals surface area (Å²) in [5.74, 6) is -3.10. The van der Waals surface area contributed by atoms with E-state index in [1.54, 1.807) is 0 Å². The molecule has 2 N–H and O–H groups in total. The predicted molar refractivity (Wildman–Crippen MR) is 74.8 cm³/mol. The molecular formula is C15H15FN2O4. The first-order valence-corrected chi connectivity index (χ1v) is 7.07. The molecule has 1 aromatic carbocycles. The smallest absolute Gasteiger partial charge is 0.323 e. The van der Waals surface area contributed by atoms with E-state index in [0.29, 0.717) is 5.56 Å². The van der Waals surface area contributed by atoms with E-state index in [-0.39, 0.29) is 36.5 Å². The highest BCUT2D eigenvalue weighted by atomic mass is 19.1. The summed E-state index contributed by atoms with van der Waals surface area (Å²) in [5, 5.41) is 11.5. The van der Waals surface area contributed by atoms with Crippen molar-refractivity contribution in [3.63, 3.8) is 0 Å². The highest BCUT2D eigenvalue weighted by Gasteiger charge is 2.40. The van der Waals surface area contributed by atoms with Crippen LogP contribution in [0.2, 0.25) is 0 Å². The van der Waals surface area contributed by atoms with Gasteiger partial charge in [0, 0.05) is 18.2 Å². The summed E-state index contributed by atoms with van der Waals surface area (Å²) in [7, 11) is 0. The molecule has 0 saturated heterocycles. The van der Waals surface area contributed by atoms with Crippen LogP contribution < -0.4 is 5.32 Å². The van der Waals surface area contributed by atoms with E-state index in [0.717, 1.165) is 12.8 Å². The third-order valence-corrected chi connectivity index (χ3v) is 3.93. The third kappa shape index (κ3) is 2.79. The molecule has 0 spiro atoms. The quantitative estimate of drug-likeness (QED) is 0.878. The van der Waals surface area contributed by atoms with Gasteiger partial charge in [-0.05, 0) is 30.5 Å². The Morgan fingerprint density at radius 1 is 1.36 bits per heavy atom. The van der Waals surface area contributed by atoms with E-state index in [1.165, 1.54) is 23.1 Å². The van der Waals surface area contributed by atoms with Crippen LogP contribution in [0.4, 0.5) is 10.1 Å². The van der Waals surface area contributed by atoms with E-state index < -0.39 is 17.7 Å². The lowest BCUT2D eigenvalue weighted by molar-refractivity contribution is -0.146. The molecular weight excluding hydrogens is 291 g/mol. The van der Waals surface area contributed by atoms with E-state index >= 15 is 0 Å². The number of amides is 2. The minimum Gasteiger partial charge on any atom is -0.480 e. The van der Waals surface area contributed by atoms with Gasteiger partial charge in [-0.3, -0.25) is 14.4 Å². The molecule has 1 aliphatic carbocycles. The van der Waals surface area contributed by atoms with Gasteiger partial charge in [-0.1, -0.05) is 6.07 Å². The lowest BCUT2D eigenvalue weighted by atomic mass is 9.89. The molecule has 22 heavy (non-hydrogen) atoms. The van der Waals surface area contributed by atoms with Gasteiger partial charge in [-0.15, -0.1) is 0 Å². The van der Waals surface area contributed by atoms with Gasteiger partial charge >= 0.3 is 5.97 Å². The summed E-state index contributed by atoms with van der Waals surface area (Å²) in [6.45, 7) is -0.377. The van der Waals surface area contributed by atoms with E-state index in [1.807, 2.05) is 0 Å². The number of fused-ring (bicyclic) bond motifs is 1. The molecule has 1 atom stereocenters. The Kier molecular flexibility index (Phi) is 3.56. The highest BCUT2D eigenvalue weighted by molar-refractivity contribution is 6.01. The minimum atomic E-state index is -1.08. The molecule has 0 bridgehead atoms. The number of anilines is 1. The maximum atomic E-state index is 13.3. The van der Waals surface area contributed by atoms with Gasteiger partial charge in [0.25, 0.3) is 0 Å². The first kappa shape index (κ1) is 14.5. The van der Waals surface area contributed by atoms with Crippen molar-refractivity contribution < 1.29 is 23.9 Å². The van der Waals surface area contributed by atoms with Crippen molar-refractivity contribution in [2.24, 2.45) is 0 Å². The van der Waals surface area contributed by atoms with E-state index in [4.69, 9.17) is 5.11 Å². The molecule has 1 aromatic rings. The fraction of sp³-hybridized carbons (Fsp3) is 0.400. The molecule has 116 valence electrons. The molecule has 2 amide bonds. The lowest BCUT2D eigenvalue weighted by Gasteiger charge is -2.30. The number of rotatable bonds is 4. The van der Waals surface area contributed by atoms with Gasteiger partial charge in [0.2, 0.25) is 11.8 Å². The number of nitrogens with zero attached hydrogens (tertiary/aromatic N) is 1. The average Bonchev–Trinajstić information content (AvgIpc) is 3.27. The first-order chi connectivity index (χ1) is 10.5. The Hall–Kier alpha value is -2.44. The van der Waals surface area contributed by atoms with Crippen LogP contribution >= 0.6 is 0 Å². The molecule has 6 nitrogen and oxygen atoms in total. The van der Waals surface area contributed by atoms with Gasteiger partial charge < -0.3 is 15.3 Å². The van der Waals surface area contributed by atoms with Crippen molar-refractivity contribution in [1.82, 2.24) is 4.90 Å². The van der Waals surface area contributed by atoms with Crippen LogP contribution in [-0.4, -0.2) is 40.4 Å². The number of carboxylic acid groups (broad SMARTS) is 1. The normalized spacial score (nSPS) is 20.0. The number of nitrogens with one attached hydrogen (secondary N) is 1. The SMILES string of the molecule is O=C(O)CN(C(=O)[C@H]1CC(=O)Nc2cc(F)ccc21)C1CC1. The summed E-state index contributed by atoms with van der Waals surface area (Å²) in [5.41, 5.74) is 0.808. The monoisotopic (exact) mass is 306 g/mol. The van der Waals surface area contributed by atoms with Crippen molar-refractivity contribution >= 4 is 23.5 Å². The number of halogens is 1. The number of benzene rings is 1. The van der Waals surface area contributed by atoms with Crippen LogP contribution in [0.1, 0.15) is 30.7 Å². The standard InChI is InChI=1S/C15H15FN2O4/c16-8-1-4-10-11(6-13(19)17-12(10)5-8)15(22)18(7-14(20)21)9-2-3-9/h1,4-5,9,11H,2-3,6-7H2,(H,17,19)(H,20,21)/t11-/m0/s1. The fourth-order valence-corrected chi connectivity index (χ4v) is 2.78. The second-order valence-electron chi connectivity index (χ2n) is 5.63. The molecule has 0 aromatic heterocycles. The molecule has 3 rings (SSSR count). The van der Waals surface area contributed by atoms with Crippen LogP contribution in [0.3, 0.4) is 0 Å². The molecule has 7 heteroatoms. The minimum absolute atomic E-state index is 0.0553. The molecule has 0 unspecified atom stereocenters. The lowest BCUT2D eigenvalue weighted by Crippen LogP contribution is -2.42. The van der Waals surface area contributed by atoms with Crippen molar-refractivity contribution in [2.75, 3.05) is 11.9 Å². The molecule has 1 heterocycles. The number of carbonyl (C=O) groups is 3. The largest absolute Gasteiger partial charge is 0.480 e. The number of carbonyl (C=O) groups excluding carboxylic acids is 2. The van der Waals surface area contributed by atoms with Crippen molar-refractivity contribution in [3.8, 4) is 0 Å². The number of aliphatic carboxylic acids is 1. The third-order valence-electron chi connectivity index (χ3n) is 3.93. The number of carboxylic acids is 1.